The summed E-state index contributed by atoms with van der Waals surface area (Å²) in [4.78, 5) is 14.6. The fourth-order valence-corrected chi connectivity index (χ4v) is 3.45. The van der Waals surface area contributed by atoms with Crippen LogP contribution in [0.25, 0.3) is 0 Å². The number of nitrogens with zero attached hydrogens (tertiary/aromatic N) is 2. The number of thiophene rings is 1. The summed E-state index contributed by atoms with van der Waals surface area (Å²) >= 11 is 1.42. The minimum absolute atomic E-state index is 0.00852. The standard InChI is InChI=1S/C14H19N3OS/c1-9(2)17-6-5-14(17,4)13(18)16-12-11(7-15)10(3)8-19-12/h8-9H,5-6H2,1-4H3,(H,16,18). The normalized spacial score (nSPS) is 22.9. The molecule has 1 atom stereocenters. The number of amides is 1. The lowest BCUT2D eigenvalue weighted by atomic mass is 9.84. The monoisotopic (exact) mass is 277 g/mol. The van der Waals surface area contributed by atoms with Gasteiger partial charge in [0.25, 0.3) is 0 Å². The molecular formula is C14H19N3OS. The van der Waals surface area contributed by atoms with Crippen LogP contribution in [0.1, 0.15) is 38.3 Å². The first-order valence-electron chi connectivity index (χ1n) is 6.46. The summed E-state index contributed by atoms with van der Waals surface area (Å²) in [5, 5.41) is 14.6. The van der Waals surface area contributed by atoms with E-state index in [-0.39, 0.29) is 5.91 Å². The van der Waals surface area contributed by atoms with Crippen molar-refractivity contribution in [1.29, 1.82) is 5.26 Å². The van der Waals surface area contributed by atoms with Crippen molar-refractivity contribution in [3.63, 3.8) is 0 Å². The van der Waals surface area contributed by atoms with Crippen molar-refractivity contribution in [2.24, 2.45) is 0 Å². The maximum atomic E-state index is 12.5. The van der Waals surface area contributed by atoms with E-state index in [2.05, 4.69) is 30.1 Å². The number of hydrogen-bond donors (Lipinski definition) is 1. The molecule has 0 aliphatic carbocycles. The lowest BCUT2D eigenvalue weighted by Crippen LogP contribution is -2.66. The Bertz CT molecular complexity index is 543. The van der Waals surface area contributed by atoms with E-state index >= 15 is 0 Å². The maximum absolute atomic E-state index is 12.5. The molecular weight excluding hydrogens is 258 g/mol. The van der Waals surface area contributed by atoms with Crippen LogP contribution in [0.2, 0.25) is 0 Å². The fraction of sp³-hybridized carbons (Fsp3) is 0.571. The van der Waals surface area contributed by atoms with Gasteiger partial charge in [-0.1, -0.05) is 0 Å². The first-order valence-corrected chi connectivity index (χ1v) is 7.34. The van der Waals surface area contributed by atoms with E-state index in [1.165, 1.54) is 11.3 Å². The molecule has 1 saturated heterocycles. The summed E-state index contributed by atoms with van der Waals surface area (Å²) in [7, 11) is 0. The van der Waals surface area contributed by atoms with Gasteiger partial charge in [0, 0.05) is 12.6 Å². The molecule has 0 aromatic carbocycles. The lowest BCUT2D eigenvalue weighted by molar-refractivity contribution is -0.138. The predicted octanol–water partition coefficient (Wildman–Crippen LogP) is 2.74. The fourth-order valence-electron chi connectivity index (χ4n) is 2.56. The van der Waals surface area contributed by atoms with Crippen LogP contribution >= 0.6 is 11.3 Å². The van der Waals surface area contributed by atoms with E-state index < -0.39 is 5.54 Å². The topological polar surface area (TPSA) is 56.1 Å². The molecule has 1 aromatic rings. The smallest absolute Gasteiger partial charge is 0.245 e. The summed E-state index contributed by atoms with van der Waals surface area (Å²) < 4.78 is 0. The Balaban J connectivity index is 2.16. The molecule has 0 radical (unpaired) electrons. The molecule has 1 N–H and O–H groups in total. The van der Waals surface area contributed by atoms with Crippen molar-refractivity contribution in [3.05, 3.63) is 16.5 Å². The quantitative estimate of drug-likeness (QED) is 0.924. The molecule has 0 spiro atoms. The molecule has 4 nitrogen and oxygen atoms in total. The number of nitrogens with one attached hydrogen (secondary N) is 1. The van der Waals surface area contributed by atoms with Gasteiger partial charge in [0.1, 0.15) is 11.1 Å². The number of likely N-dealkylation sites (tertiary alicyclic amines) is 1. The second-order valence-electron chi connectivity index (χ2n) is 5.50. The molecule has 0 saturated carbocycles. The average Bonchev–Trinajstić information content (AvgIpc) is 2.66. The molecule has 2 heterocycles. The van der Waals surface area contributed by atoms with Gasteiger partial charge in [-0.25, -0.2) is 0 Å². The van der Waals surface area contributed by atoms with Gasteiger partial charge in [-0.2, -0.15) is 5.26 Å². The van der Waals surface area contributed by atoms with Crippen LogP contribution < -0.4 is 5.32 Å². The van der Waals surface area contributed by atoms with Gasteiger partial charge in [0.05, 0.1) is 11.1 Å². The highest BCUT2D eigenvalue weighted by Gasteiger charge is 2.48. The molecule has 1 aliphatic rings. The number of anilines is 1. The van der Waals surface area contributed by atoms with Crippen LogP contribution in [-0.4, -0.2) is 28.9 Å². The zero-order valence-corrected chi connectivity index (χ0v) is 12.6. The van der Waals surface area contributed by atoms with Crippen LogP contribution in [0.15, 0.2) is 5.38 Å². The lowest BCUT2D eigenvalue weighted by Gasteiger charge is -2.51. The van der Waals surface area contributed by atoms with Gasteiger partial charge in [0.2, 0.25) is 5.91 Å². The summed E-state index contributed by atoms with van der Waals surface area (Å²) in [6.45, 7) is 9.01. The minimum Gasteiger partial charge on any atom is -0.315 e. The number of nitriles is 1. The van der Waals surface area contributed by atoms with E-state index in [1.54, 1.807) is 0 Å². The van der Waals surface area contributed by atoms with E-state index in [0.717, 1.165) is 18.5 Å². The molecule has 19 heavy (non-hydrogen) atoms. The van der Waals surface area contributed by atoms with Gasteiger partial charge in [0.15, 0.2) is 0 Å². The van der Waals surface area contributed by atoms with Crippen LogP contribution in [0.3, 0.4) is 0 Å². The summed E-state index contributed by atoms with van der Waals surface area (Å²) in [6.07, 6.45) is 0.864. The molecule has 1 aromatic heterocycles. The molecule has 1 unspecified atom stereocenters. The molecule has 0 bridgehead atoms. The van der Waals surface area contributed by atoms with Crippen molar-refractivity contribution >= 4 is 22.2 Å². The molecule has 1 aliphatic heterocycles. The van der Waals surface area contributed by atoms with Crippen LogP contribution in [0, 0.1) is 18.3 Å². The third-order valence-electron chi connectivity index (χ3n) is 3.90. The molecule has 1 fully saturated rings. The van der Waals surface area contributed by atoms with Crippen molar-refractivity contribution in [2.75, 3.05) is 11.9 Å². The van der Waals surface area contributed by atoms with Crippen molar-refractivity contribution < 1.29 is 4.79 Å². The summed E-state index contributed by atoms with van der Waals surface area (Å²) in [5.41, 5.74) is 1.05. The van der Waals surface area contributed by atoms with Crippen LogP contribution in [0.5, 0.6) is 0 Å². The molecule has 102 valence electrons. The second kappa shape index (κ2) is 4.95. The molecule has 1 amide bonds. The molecule has 2 rings (SSSR count). The van der Waals surface area contributed by atoms with Gasteiger partial charge in [-0.05, 0) is 45.1 Å². The Morgan fingerprint density at radius 2 is 2.32 bits per heavy atom. The van der Waals surface area contributed by atoms with Crippen LogP contribution in [-0.2, 0) is 4.79 Å². The van der Waals surface area contributed by atoms with E-state index in [9.17, 15) is 4.79 Å². The number of rotatable bonds is 3. The van der Waals surface area contributed by atoms with E-state index in [4.69, 9.17) is 5.26 Å². The summed E-state index contributed by atoms with van der Waals surface area (Å²) in [6, 6.07) is 2.50. The van der Waals surface area contributed by atoms with Gasteiger partial charge < -0.3 is 5.32 Å². The van der Waals surface area contributed by atoms with E-state index in [0.29, 0.717) is 16.6 Å². The SMILES string of the molecule is Cc1csc(NC(=O)C2(C)CCN2C(C)C)c1C#N. The predicted molar refractivity (Wildman–Crippen MR) is 77.3 cm³/mol. The van der Waals surface area contributed by atoms with Crippen LogP contribution in [0.4, 0.5) is 5.00 Å². The van der Waals surface area contributed by atoms with Gasteiger partial charge >= 0.3 is 0 Å². The Morgan fingerprint density at radius 3 is 2.79 bits per heavy atom. The Kier molecular flexibility index (Phi) is 3.66. The third kappa shape index (κ3) is 2.26. The number of carbonyl (C=O) groups excluding carboxylic acids is 1. The number of carbonyl (C=O) groups is 1. The highest BCUT2D eigenvalue weighted by molar-refractivity contribution is 7.14. The zero-order chi connectivity index (χ0) is 14.2. The third-order valence-corrected chi connectivity index (χ3v) is 4.91. The van der Waals surface area contributed by atoms with E-state index in [1.807, 2.05) is 19.2 Å². The number of aryl methyl sites for hydroxylation is 1. The first-order chi connectivity index (χ1) is 8.90. The average molecular weight is 277 g/mol. The minimum atomic E-state index is -0.446. The number of hydrogen-bond acceptors (Lipinski definition) is 4. The Hall–Kier alpha value is -1.38. The van der Waals surface area contributed by atoms with Crippen molar-refractivity contribution in [1.82, 2.24) is 4.90 Å². The summed E-state index contributed by atoms with van der Waals surface area (Å²) in [5.74, 6) is -0.00852. The Morgan fingerprint density at radius 1 is 1.63 bits per heavy atom. The highest BCUT2D eigenvalue weighted by Crippen LogP contribution is 2.35. The Labute approximate surface area is 118 Å². The first kappa shape index (κ1) is 14.0. The zero-order valence-electron chi connectivity index (χ0n) is 11.8. The van der Waals surface area contributed by atoms with Crippen molar-refractivity contribution in [2.45, 2.75) is 45.7 Å². The highest BCUT2D eigenvalue weighted by atomic mass is 32.1. The van der Waals surface area contributed by atoms with Gasteiger partial charge in [-0.3, -0.25) is 9.69 Å². The second-order valence-corrected chi connectivity index (χ2v) is 6.38. The van der Waals surface area contributed by atoms with Crippen molar-refractivity contribution in [3.8, 4) is 6.07 Å². The molecule has 5 heteroatoms. The maximum Gasteiger partial charge on any atom is 0.245 e. The van der Waals surface area contributed by atoms with Gasteiger partial charge in [-0.15, -0.1) is 11.3 Å². The largest absolute Gasteiger partial charge is 0.315 e.